The average molecular weight is 559 g/mol. The highest BCUT2D eigenvalue weighted by Crippen LogP contribution is 2.38. The Morgan fingerprint density at radius 2 is 1.88 bits per heavy atom. The lowest BCUT2D eigenvalue weighted by Gasteiger charge is -2.40. The van der Waals surface area contributed by atoms with E-state index in [2.05, 4.69) is 32.6 Å². The van der Waals surface area contributed by atoms with Crippen LogP contribution in [0.15, 0.2) is 53.6 Å². The van der Waals surface area contributed by atoms with Gasteiger partial charge in [0.2, 0.25) is 11.8 Å². The summed E-state index contributed by atoms with van der Waals surface area (Å²) in [6.07, 6.45) is -0.626. The Morgan fingerprint density at radius 3 is 2.56 bits per heavy atom. The van der Waals surface area contributed by atoms with Crippen LogP contribution < -0.4 is 10.6 Å². The molecule has 0 radical (unpaired) electrons. The summed E-state index contributed by atoms with van der Waals surface area (Å²) in [4.78, 5) is 57.7. The Balaban J connectivity index is 1.61. The van der Waals surface area contributed by atoms with Gasteiger partial charge >= 0.3 is 6.09 Å². The van der Waals surface area contributed by atoms with Gasteiger partial charge in [0, 0.05) is 38.7 Å². The largest absolute Gasteiger partial charge is 0.465 e. The molecular formula is C30H34N6O5. The zero-order chi connectivity index (χ0) is 29.8. The summed E-state index contributed by atoms with van der Waals surface area (Å²) in [7, 11) is 1.61. The van der Waals surface area contributed by atoms with Crippen LogP contribution in [0.5, 0.6) is 0 Å². The summed E-state index contributed by atoms with van der Waals surface area (Å²) in [6, 6.07) is 13.9. The molecule has 3 heterocycles. The van der Waals surface area contributed by atoms with Crippen molar-refractivity contribution in [3.63, 3.8) is 0 Å². The van der Waals surface area contributed by atoms with Gasteiger partial charge in [-0.25, -0.2) is 14.8 Å². The number of hydrogen-bond acceptors (Lipinski definition) is 6. The minimum Gasteiger partial charge on any atom is -0.465 e. The molecule has 1 aromatic carbocycles. The minimum absolute atomic E-state index is 0.0413. The lowest BCUT2D eigenvalue weighted by Crippen LogP contribution is -2.61. The summed E-state index contributed by atoms with van der Waals surface area (Å²) in [6.45, 7) is 5.07. The van der Waals surface area contributed by atoms with Gasteiger partial charge in [0.1, 0.15) is 22.7 Å². The highest BCUT2D eigenvalue weighted by atomic mass is 16.4. The SMILES string of the molecule is Cc1cccc(C#CC[C@@H](NC(=O)C(C)(C)NC(=O)O)C(=O)N2CCC3=NN(C)C(=O)[C@]3(Cc3ccccc3)C2)n1. The van der Waals surface area contributed by atoms with Crippen molar-refractivity contribution < 1.29 is 24.3 Å². The zero-order valence-electron chi connectivity index (χ0n) is 23.6. The number of aromatic nitrogens is 1. The third-order valence-electron chi connectivity index (χ3n) is 7.27. The first kappa shape index (κ1) is 29.3. The normalized spacial score (nSPS) is 18.9. The quantitative estimate of drug-likeness (QED) is 0.443. The van der Waals surface area contributed by atoms with Crippen LogP contribution in [0, 0.1) is 24.2 Å². The minimum atomic E-state index is -1.50. The van der Waals surface area contributed by atoms with E-state index < -0.39 is 34.9 Å². The van der Waals surface area contributed by atoms with Gasteiger partial charge in [-0.3, -0.25) is 14.4 Å². The summed E-state index contributed by atoms with van der Waals surface area (Å²) >= 11 is 0. The Labute approximate surface area is 239 Å². The van der Waals surface area contributed by atoms with Crippen molar-refractivity contribution in [2.45, 2.75) is 51.6 Å². The third-order valence-corrected chi connectivity index (χ3v) is 7.27. The molecule has 2 aliphatic heterocycles. The van der Waals surface area contributed by atoms with Crippen molar-refractivity contribution in [1.29, 1.82) is 0 Å². The molecule has 1 aromatic heterocycles. The van der Waals surface area contributed by atoms with Gasteiger partial charge in [0.25, 0.3) is 5.91 Å². The van der Waals surface area contributed by atoms with Gasteiger partial charge in [0.05, 0.1) is 5.71 Å². The van der Waals surface area contributed by atoms with E-state index in [1.165, 1.54) is 18.9 Å². The molecule has 2 aromatic rings. The lowest BCUT2D eigenvalue weighted by atomic mass is 9.73. The Bertz CT molecular complexity index is 1440. The van der Waals surface area contributed by atoms with E-state index in [9.17, 15) is 24.3 Å². The fourth-order valence-corrected chi connectivity index (χ4v) is 5.15. The molecular weight excluding hydrogens is 524 g/mol. The summed E-state index contributed by atoms with van der Waals surface area (Å²) in [5.74, 6) is 4.61. The van der Waals surface area contributed by atoms with E-state index in [0.717, 1.165) is 17.0 Å². The molecule has 0 unspecified atom stereocenters. The van der Waals surface area contributed by atoms with Crippen LogP contribution in [-0.4, -0.2) is 81.2 Å². The number of carboxylic acid groups (broad SMARTS) is 1. The Kier molecular flexibility index (Phi) is 8.42. The first-order valence-electron chi connectivity index (χ1n) is 13.3. The number of rotatable bonds is 7. The molecule has 4 amide bonds. The van der Waals surface area contributed by atoms with E-state index >= 15 is 0 Å². The average Bonchev–Trinajstić information content (AvgIpc) is 3.16. The number of hydrazone groups is 1. The highest BCUT2D eigenvalue weighted by molar-refractivity contribution is 6.13. The molecule has 0 bridgehead atoms. The maximum absolute atomic E-state index is 14.0. The number of carbonyl (C=O) groups excluding carboxylic acids is 3. The lowest BCUT2D eigenvalue weighted by molar-refractivity contribution is -0.142. The number of benzene rings is 1. The number of carbonyl (C=O) groups is 4. The first-order chi connectivity index (χ1) is 19.4. The van der Waals surface area contributed by atoms with Crippen LogP contribution in [0.1, 0.15) is 43.6 Å². The molecule has 0 saturated carbocycles. The second kappa shape index (κ2) is 11.8. The van der Waals surface area contributed by atoms with E-state index in [-0.39, 0.29) is 18.9 Å². The molecule has 1 fully saturated rings. The van der Waals surface area contributed by atoms with Gasteiger partial charge in [-0.2, -0.15) is 5.10 Å². The molecule has 2 aliphatic rings. The summed E-state index contributed by atoms with van der Waals surface area (Å²) < 4.78 is 0. The van der Waals surface area contributed by atoms with Crippen molar-refractivity contribution >= 4 is 29.5 Å². The molecule has 3 N–H and O–H groups in total. The molecule has 1 saturated heterocycles. The maximum Gasteiger partial charge on any atom is 0.405 e. The number of nitrogens with zero attached hydrogens (tertiary/aromatic N) is 4. The first-order valence-corrected chi connectivity index (χ1v) is 13.3. The number of aryl methyl sites for hydroxylation is 1. The Morgan fingerprint density at radius 1 is 1.15 bits per heavy atom. The second-order valence-electron chi connectivity index (χ2n) is 10.9. The van der Waals surface area contributed by atoms with Crippen molar-refractivity contribution in [3.8, 4) is 11.8 Å². The van der Waals surface area contributed by atoms with Gasteiger partial charge < -0.3 is 20.6 Å². The number of likely N-dealkylation sites (tertiary alicyclic amines) is 1. The van der Waals surface area contributed by atoms with Crippen LogP contribution in [0.25, 0.3) is 0 Å². The Hall–Kier alpha value is -4.72. The zero-order valence-corrected chi connectivity index (χ0v) is 23.6. The number of piperidine rings is 1. The topological polar surface area (TPSA) is 144 Å². The van der Waals surface area contributed by atoms with Crippen LogP contribution in [0.2, 0.25) is 0 Å². The number of amides is 4. The molecule has 11 heteroatoms. The van der Waals surface area contributed by atoms with Crippen LogP contribution in [0.3, 0.4) is 0 Å². The van der Waals surface area contributed by atoms with E-state index in [0.29, 0.717) is 25.1 Å². The summed E-state index contributed by atoms with van der Waals surface area (Å²) in [5.41, 5.74) is 0.475. The monoisotopic (exact) mass is 558 g/mol. The van der Waals surface area contributed by atoms with Crippen molar-refractivity contribution in [2.75, 3.05) is 20.1 Å². The number of fused-ring (bicyclic) bond motifs is 1. The molecule has 0 aliphatic carbocycles. The van der Waals surface area contributed by atoms with Gasteiger partial charge in [-0.05, 0) is 50.8 Å². The van der Waals surface area contributed by atoms with Crippen molar-refractivity contribution in [1.82, 2.24) is 25.5 Å². The van der Waals surface area contributed by atoms with Crippen LogP contribution in [-0.2, 0) is 20.8 Å². The highest BCUT2D eigenvalue weighted by Gasteiger charge is 2.54. The smallest absolute Gasteiger partial charge is 0.405 e. The number of pyridine rings is 1. The number of nitrogens with one attached hydrogen (secondary N) is 2. The van der Waals surface area contributed by atoms with Gasteiger partial charge in [-0.15, -0.1) is 0 Å². The number of hydrogen-bond donors (Lipinski definition) is 3. The maximum atomic E-state index is 14.0. The van der Waals surface area contributed by atoms with E-state index in [1.54, 1.807) is 18.0 Å². The fourth-order valence-electron chi connectivity index (χ4n) is 5.15. The third kappa shape index (κ3) is 6.54. The molecule has 41 heavy (non-hydrogen) atoms. The standard InChI is InChI=1S/C30H34N6O5/c1-20-10-8-13-22(31-20)14-9-15-23(32-26(38)29(2,3)33-28(40)41)25(37)36-17-16-24-30(19-36,27(39)35(4)34-24)18-21-11-6-5-7-12-21/h5-8,10-13,23,33H,15-19H2,1-4H3,(H,32,38)(H,40,41)/t23-,30-/m1/s1. The van der Waals surface area contributed by atoms with Crippen LogP contribution >= 0.6 is 0 Å². The van der Waals surface area contributed by atoms with Crippen molar-refractivity contribution in [2.24, 2.45) is 10.5 Å². The molecule has 2 atom stereocenters. The van der Waals surface area contributed by atoms with E-state index in [4.69, 9.17) is 0 Å². The fraction of sp³-hybridized carbons (Fsp3) is 0.400. The van der Waals surface area contributed by atoms with Gasteiger partial charge in [0.15, 0.2) is 0 Å². The van der Waals surface area contributed by atoms with Crippen LogP contribution in [0.4, 0.5) is 4.79 Å². The second-order valence-corrected chi connectivity index (χ2v) is 10.9. The van der Waals surface area contributed by atoms with Crippen molar-refractivity contribution in [3.05, 3.63) is 65.5 Å². The molecule has 11 nitrogen and oxygen atoms in total. The summed E-state index contributed by atoms with van der Waals surface area (Å²) in [5, 5.41) is 19.9. The van der Waals surface area contributed by atoms with Gasteiger partial charge in [-0.1, -0.05) is 42.3 Å². The molecule has 4 rings (SSSR count). The predicted molar refractivity (Wildman–Crippen MR) is 152 cm³/mol. The predicted octanol–water partition coefficient (Wildman–Crippen LogP) is 1.95. The van der Waals surface area contributed by atoms with E-state index in [1.807, 2.05) is 49.4 Å². The molecule has 0 spiro atoms. The molecule has 214 valence electrons.